The first-order valence-electron chi connectivity index (χ1n) is 5.81. The molecule has 0 amide bonds. The summed E-state index contributed by atoms with van der Waals surface area (Å²) in [7, 11) is 0. The van der Waals surface area contributed by atoms with E-state index in [2.05, 4.69) is 22.0 Å². The van der Waals surface area contributed by atoms with E-state index in [9.17, 15) is 0 Å². The molecule has 0 aromatic heterocycles. The van der Waals surface area contributed by atoms with Crippen LogP contribution in [0.5, 0.6) is 5.75 Å². The molecule has 1 aliphatic rings. The number of hydrogen-bond acceptors (Lipinski definition) is 3. The molecule has 3 nitrogen and oxygen atoms in total. The Kier molecular flexibility index (Phi) is 4.03. The van der Waals surface area contributed by atoms with Crippen LogP contribution < -0.4 is 10.5 Å². The molecule has 0 heterocycles. The van der Waals surface area contributed by atoms with Gasteiger partial charge in [-0.15, -0.1) is 0 Å². The van der Waals surface area contributed by atoms with E-state index in [-0.39, 0.29) is 6.10 Å². The highest BCUT2D eigenvalue weighted by Gasteiger charge is 2.21. The minimum atomic E-state index is 0.191. The van der Waals surface area contributed by atoms with E-state index in [0.717, 1.165) is 30.2 Å². The van der Waals surface area contributed by atoms with E-state index in [4.69, 9.17) is 15.7 Å². The zero-order chi connectivity index (χ0) is 12.3. The maximum atomic E-state index is 9.09. The van der Waals surface area contributed by atoms with Crippen LogP contribution in [0.3, 0.4) is 0 Å². The van der Waals surface area contributed by atoms with Gasteiger partial charge in [-0.25, -0.2) is 0 Å². The third kappa shape index (κ3) is 2.99. The lowest BCUT2D eigenvalue weighted by atomic mass is 9.93. The molecule has 1 aromatic rings. The topological polar surface area (TPSA) is 59.0 Å². The maximum Gasteiger partial charge on any atom is 0.138 e. The lowest BCUT2D eigenvalue weighted by Gasteiger charge is -2.27. The second-order valence-corrected chi connectivity index (χ2v) is 5.23. The van der Waals surface area contributed by atoms with Gasteiger partial charge in [0.05, 0.1) is 6.10 Å². The van der Waals surface area contributed by atoms with E-state index >= 15 is 0 Å². The number of hydrogen-bond donors (Lipinski definition) is 1. The number of nitrogens with two attached hydrogens (primary N) is 1. The number of nitriles is 1. The summed E-state index contributed by atoms with van der Waals surface area (Å²) in [4.78, 5) is 0. The second-order valence-electron chi connectivity index (χ2n) is 4.38. The van der Waals surface area contributed by atoms with Crippen LogP contribution in [0, 0.1) is 11.3 Å². The summed E-state index contributed by atoms with van der Waals surface area (Å²) in [5, 5.41) is 9.09. The summed E-state index contributed by atoms with van der Waals surface area (Å²) in [6.07, 6.45) is 4.13. The van der Waals surface area contributed by atoms with Gasteiger partial charge in [-0.2, -0.15) is 5.26 Å². The molecule has 1 fully saturated rings. The van der Waals surface area contributed by atoms with Gasteiger partial charge in [0.15, 0.2) is 0 Å². The Bertz CT molecular complexity index is 434. The number of halogens is 1. The number of benzene rings is 1. The zero-order valence-electron chi connectivity index (χ0n) is 9.53. The van der Waals surface area contributed by atoms with Gasteiger partial charge in [0.25, 0.3) is 0 Å². The molecule has 0 atom stereocenters. The smallest absolute Gasteiger partial charge is 0.138 e. The summed E-state index contributed by atoms with van der Waals surface area (Å²) in [5.41, 5.74) is 6.43. The normalized spacial score (nSPS) is 24.1. The number of rotatable bonds is 2. The molecule has 0 bridgehead atoms. The highest BCUT2D eigenvalue weighted by molar-refractivity contribution is 9.10. The molecule has 1 aliphatic carbocycles. The molecule has 2 rings (SSSR count). The minimum Gasteiger partial charge on any atom is -0.489 e. The van der Waals surface area contributed by atoms with Crippen LogP contribution in [0.25, 0.3) is 0 Å². The fraction of sp³-hybridized carbons (Fsp3) is 0.462. The monoisotopic (exact) mass is 294 g/mol. The lowest BCUT2D eigenvalue weighted by molar-refractivity contribution is 0.146. The van der Waals surface area contributed by atoms with Gasteiger partial charge in [-0.1, -0.05) is 6.07 Å². The second kappa shape index (κ2) is 5.52. The van der Waals surface area contributed by atoms with Crippen LogP contribution in [0.2, 0.25) is 0 Å². The van der Waals surface area contributed by atoms with Crippen molar-refractivity contribution in [3.63, 3.8) is 0 Å². The van der Waals surface area contributed by atoms with Crippen LogP contribution >= 0.6 is 15.9 Å². The fourth-order valence-electron chi connectivity index (χ4n) is 2.10. The first-order chi connectivity index (χ1) is 8.20. The van der Waals surface area contributed by atoms with E-state index in [1.807, 2.05) is 18.2 Å². The first-order valence-corrected chi connectivity index (χ1v) is 6.61. The van der Waals surface area contributed by atoms with Crippen molar-refractivity contribution in [1.29, 1.82) is 5.26 Å². The third-order valence-corrected chi connectivity index (χ3v) is 3.76. The van der Waals surface area contributed by atoms with Gasteiger partial charge in [-0.05, 0) is 53.7 Å². The molecule has 0 radical (unpaired) electrons. The quantitative estimate of drug-likeness (QED) is 0.912. The molecule has 0 saturated heterocycles. The molecule has 1 aromatic carbocycles. The summed E-state index contributed by atoms with van der Waals surface area (Å²) in [5.74, 6) is 0.669. The summed E-state index contributed by atoms with van der Waals surface area (Å²) >= 11 is 3.36. The Morgan fingerprint density at radius 3 is 2.65 bits per heavy atom. The van der Waals surface area contributed by atoms with Crippen molar-refractivity contribution in [3.8, 4) is 11.8 Å². The number of nitrogens with zero attached hydrogens (tertiary/aromatic N) is 1. The first kappa shape index (κ1) is 12.4. The van der Waals surface area contributed by atoms with E-state index in [1.54, 1.807) is 0 Å². The number of ether oxygens (including phenoxy) is 1. The molecule has 17 heavy (non-hydrogen) atoms. The highest BCUT2D eigenvalue weighted by Crippen LogP contribution is 2.29. The van der Waals surface area contributed by atoms with Crippen molar-refractivity contribution in [3.05, 3.63) is 28.2 Å². The Morgan fingerprint density at radius 2 is 2.00 bits per heavy atom. The van der Waals surface area contributed by atoms with Gasteiger partial charge in [-0.3, -0.25) is 0 Å². The maximum absolute atomic E-state index is 9.09. The Hall–Kier alpha value is -1.05. The molecule has 2 N–H and O–H groups in total. The van der Waals surface area contributed by atoms with Crippen LogP contribution in [0.15, 0.2) is 22.7 Å². The van der Waals surface area contributed by atoms with Crippen molar-refractivity contribution in [2.45, 2.75) is 37.8 Å². The van der Waals surface area contributed by atoms with Gasteiger partial charge in [0.1, 0.15) is 17.4 Å². The molecule has 0 spiro atoms. The van der Waals surface area contributed by atoms with Crippen molar-refractivity contribution < 1.29 is 4.74 Å². The van der Waals surface area contributed by atoms with E-state index < -0.39 is 0 Å². The molecular formula is C13H15BrN2O. The van der Waals surface area contributed by atoms with E-state index in [0.29, 0.717) is 17.4 Å². The van der Waals surface area contributed by atoms with Crippen molar-refractivity contribution in [2.24, 2.45) is 5.73 Å². The van der Waals surface area contributed by atoms with Crippen LogP contribution in [-0.4, -0.2) is 12.1 Å². The predicted molar refractivity (Wildman–Crippen MR) is 69.7 cm³/mol. The standard InChI is InChI=1S/C13H15BrN2O/c14-12-2-1-3-13(11(12)8-15)17-10-6-4-9(16)5-7-10/h1-3,9-10H,4-7,16H2. The van der Waals surface area contributed by atoms with Crippen LogP contribution in [-0.2, 0) is 0 Å². The van der Waals surface area contributed by atoms with Crippen molar-refractivity contribution in [2.75, 3.05) is 0 Å². The summed E-state index contributed by atoms with van der Waals surface area (Å²) in [6, 6.07) is 8.06. The predicted octanol–water partition coefficient (Wildman–Crippen LogP) is 2.97. The average molecular weight is 295 g/mol. The molecule has 0 unspecified atom stereocenters. The Morgan fingerprint density at radius 1 is 1.29 bits per heavy atom. The van der Waals surface area contributed by atoms with Crippen LogP contribution in [0.1, 0.15) is 31.2 Å². The summed E-state index contributed by atoms with van der Waals surface area (Å²) in [6.45, 7) is 0. The molecule has 0 aliphatic heterocycles. The zero-order valence-corrected chi connectivity index (χ0v) is 11.1. The van der Waals surface area contributed by atoms with Gasteiger partial charge < -0.3 is 10.5 Å². The van der Waals surface area contributed by atoms with Gasteiger partial charge in [0, 0.05) is 10.5 Å². The third-order valence-electron chi connectivity index (χ3n) is 3.10. The molecule has 1 saturated carbocycles. The summed E-state index contributed by atoms with van der Waals surface area (Å²) < 4.78 is 6.68. The van der Waals surface area contributed by atoms with Gasteiger partial charge >= 0.3 is 0 Å². The lowest BCUT2D eigenvalue weighted by Crippen LogP contribution is -2.31. The van der Waals surface area contributed by atoms with Crippen molar-refractivity contribution >= 4 is 15.9 Å². The Labute approximate surface area is 110 Å². The Balaban J connectivity index is 2.09. The average Bonchev–Trinajstić information content (AvgIpc) is 2.32. The molecular weight excluding hydrogens is 280 g/mol. The fourth-order valence-corrected chi connectivity index (χ4v) is 2.53. The van der Waals surface area contributed by atoms with Crippen LogP contribution in [0.4, 0.5) is 0 Å². The molecule has 4 heteroatoms. The van der Waals surface area contributed by atoms with E-state index in [1.165, 1.54) is 0 Å². The largest absolute Gasteiger partial charge is 0.489 e. The van der Waals surface area contributed by atoms with Crippen molar-refractivity contribution in [1.82, 2.24) is 0 Å². The highest BCUT2D eigenvalue weighted by atomic mass is 79.9. The van der Waals surface area contributed by atoms with Gasteiger partial charge in [0.2, 0.25) is 0 Å². The molecule has 90 valence electrons. The minimum absolute atomic E-state index is 0.191. The SMILES string of the molecule is N#Cc1c(Br)cccc1OC1CCC(N)CC1.